The van der Waals surface area contributed by atoms with Crippen LogP contribution in [0.1, 0.15) is 20.8 Å². The highest BCUT2D eigenvalue weighted by atomic mass is 16.5. The molecule has 0 amide bonds. The lowest BCUT2D eigenvalue weighted by Crippen LogP contribution is -2.24. The molecule has 0 heterocycles. The van der Waals surface area contributed by atoms with Gasteiger partial charge >= 0.3 is 0 Å². The third-order valence-corrected chi connectivity index (χ3v) is 1.49. The van der Waals surface area contributed by atoms with E-state index in [0.29, 0.717) is 19.8 Å². The summed E-state index contributed by atoms with van der Waals surface area (Å²) < 4.78 is 10.3. The van der Waals surface area contributed by atoms with Crippen LogP contribution < -0.4 is 0 Å². The Hall–Kier alpha value is -0.120. The van der Waals surface area contributed by atoms with Crippen LogP contribution in [0.25, 0.3) is 0 Å². The van der Waals surface area contributed by atoms with Crippen LogP contribution in [0.5, 0.6) is 0 Å². The minimum Gasteiger partial charge on any atom is -0.391 e. The minimum atomic E-state index is -0.406. The van der Waals surface area contributed by atoms with Crippen molar-refractivity contribution >= 4 is 0 Å². The molecular weight excluding hydrogens is 144 g/mol. The van der Waals surface area contributed by atoms with Gasteiger partial charge in [-0.15, -0.1) is 0 Å². The summed E-state index contributed by atoms with van der Waals surface area (Å²) in [6, 6.07) is 0. The first-order chi connectivity index (χ1) is 5.18. The average Bonchev–Trinajstić information content (AvgIpc) is 1.97. The van der Waals surface area contributed by atoms with Gasteiger partial charge in [0.25, 0.3) is 0 Å². The molecular formula is C8H18O3. The fourth-order valence-electron chi connectivity index (χ4n) is 0.577. The Balaban J connectivity index is 3.10. The molecule has 11 heavy (non-hydrogen) atoms. The van der Waals surface area contributed by atoms with Crippen LogP contribution in [0, 0.1) is 0 Å². The lowest BCUT2D eigenvalue weighted by atomic mass is 10.3. The number of hydrogen-bond acceptors (Lipinski definition) is 3. The Kier molecular flexibility index (Phi) is 6.51. The fourth-order valence-corrected chi connectivity index (χ4v) is 0.577. The summed E-state index contributed by atoms with van der Waals surface area (Å²) in [4.78, 5) is 0. The van der Waals surface area contributed by atoms with Crippen LogP contribution in [0.15, 0.2) is 0 Å². The molecule has 0 bridgehead atoms. The highest BCUT2D eigenvalue weighted by molar-refractivity contribution is 4.55. The lowest BCUT2D eigenvalue weighted by molar-refractivity contribution is -0.0392. The maximum absolute atomic E-state index is 9.01. The summed E-state index contributed by atoms with van der Waals surface area (Å²) in [6.45, 7) is 7.37. The molecule has 0 aromatic rings. The van der Waals surface area contributed by atoms with E-state index >= 15 is 0 Å². The molecule has 0 radical (unpaired) electrons. The van der Waals surface area contributed by atoms with Crippen molar-refractivity contribution in [1.82, 2.24) is 0 Å². The van der Waals surface area contributed by atoms with E-state index in [4.69, 9.17) is 14.6 Å². The molecule has 68 valence electrons. The molecule has 0 rings (SSSR count). The number of aliphatic hydroxyl groups excluding tert-OH is 1. The summed E-state index contributed by atoms with van der Waals surface area (Å²) in [5.74, 6) is 0. The van der Waals surface area contributed by atoms with E-state index in [0.717, 1.165) is 0 Å². The normalized spacial score (nSPS) is 16.4. The van der Waals surface area contributed by atoms with E-state index in [-0.39, 0.29) is 6.10 Å². The van der Waals surface area contributed by atoms with Gasteiger partial charge in [-0.2, -0.15) is 0 Å². The number of ether oxygens (including phenoxy) is 2. The molecule has 3 heteroatoms. The largest absolute Gasteiger partial charge is 0.391 e. The maximum atomic E-state index is 9.01. The molecule has 0 aliphatic carbocycles. The van der Waals surface area contributed by atoms with E-state index in [2.05, 4.69) is 0 Å². The predicted octanol–water partition coefficient (Wildman–Crippen LogP) is 0.809. The summed E-state index contributed by atoms with van der Waals surface area (Å²) in [6.07, 6.45) is -0.507. The lowest BCUT2D eigenvalue weighted by Gasteiger charge is -2.15. The van der Waals surface area contributed by atoms with E-state index in [1.165, 1.54) is 0 Å². The van der Waals surface area contributed by atoms with Gasteiger partial charge in [-0.1, -0.05) is 0 Å². The Morgan fingerprint density at radius 3 is 2.36 bits per heavy atom. The Morgan fingerprint density at radius 1 is 1.27 bits per heavy atom. The van der Waals surface area contributed by atoms with Crippen LogP contribution in [0.4, 0.5) is 0 Å². The van der Waals surface area contributed by atoms with Crippen molar-refractivity contribution in [3.05, 3.63) is 0 Å². The quantitative estimate of drug-likeness (QED) is 0.587. The highest BCUT2D eigenvalue weighted by Crippen LogP contribution is 1.96. The smallest absolute Gasteiger partial charge is 0.0804 e. The zero-order valence-electron chi connectivity index (χ0n) is 7.54. The third-order valence-electron chi connectivity index (χ3n) is 1.49. The van der Waals surface area contributed by atoms with Crippen LogP contribution in [0.2, 0.25) is 0 Å². The first kappa shape index (κ1) is 10.9. The summed E-state index contributed by atoms with van der Waals surface area (Å²) in [5, 5.41) is 9.01. The molecule has 2 atom stereocenters. The molecule has 0 aromatic heterocycles. The second-order valence-corrected chi connectivity index (χ2v) is 2.51. The Labute approximate surface area is 68.3 Å². The third kappa shape index (κ3) is 6.28. The number of rotatable bonds is 6. The van der Waals surface area contributed by atoms with E-state index < -0.39 is 6.10 Å². The molecule has 0 spiro atoms. The topological polar surface area (TPSA) is 38.7 Å². The van der Waals surface area contributed by atoms with Crippen LogP contribution in [-0.4, -0.2) is 37.1 Å². The SMILES string of the molecule is CCOCCOC(C)[C@@H](C)O. The monoisotopic (exact) mass is 162 g/mol. The fraction of sp³-hybridized carbons (Fsp3) is 1.00. The standard InChI is InChI=1S/C8H18O3/c1-4-10-5-6-11-8(3)7(2)9/h7-9H,4-6H2,1-3H3/t7-,8?/m1/s1. The number of aliphatic hydroxyl groups is 1. The van der Waals surface area contributed by atoms with Gasteiger partial charge in [0, 0.05) is 6.61 Å². The molecule has 1 N–H and O–H groups in total. The van der Waals surface area contributed by atoms with Crippen molar-refractivity contribution in [1.29, 1.82) is 0 Å². The zero-order chi connectivity index (χ0) is 8.69. The van der Waals surface area contributed by atoms with Gasteiger partial charge in [-0.25, -0.2) is 0 Å². The van der Waals surface area contributed by atoms with Gasteiger partial charge in [0.1, 0.15) is 0 Å². The highest BCUT2D eigenvalue weighted by Gasteiger charge is 2.07. The Morgan fingerprint density at radius 2 is 1.91 bits per heavy atom. The molecule has 0 fully saturated rings. The summed E-state index contributed by atoms with van der Waals surface area (Å²) >= 11 is 0. The molecule has 0 aliphatic rings. The van der Waals surface area contributed by atoms with Crippen molar-refractivity contribution in [3.8, 4) is 0 Å². The van der Waals surface area contributed by atoms with Gasteiger partial charge in [0.2, 0.25) is 0 Å². The van der Waals surface area contributed by atoms with Crippen molar-refractivity contribution in [2.45, 2.75) is 33.0 Å². The molecule has 0 saturated heterocycles. The van der Waals surface area contributed by atoms with Crippen LogP contribution >= 0.6 is 0 Å². The molecule has 0 saturated carbocycles. The van der Waals surface area contributed by atoms with Gasteiger partial charge < -0.3 is 14.6 Å². The van der Waals surface area contributed by atoms with Crippen molar-refractivity contribution < 1.29 is 14.6 Å². The first-order valence-corrected chi connectivity index (χ1v) is 4.06. The number of hydrogen-bond donors (Lipinski definition) is 1. The second kappa shape index (κ2) is 6.58. The summed E-state index contributed by atoms with van der Waals surface area (Å²) in [5.41, 5.74) is 0. The first-order valence-electron chi connectivity index (χ1n) is 4.06. The minimum absolute atomic E-state index is 0.101. The van der Waals surface area contributed by atoms with E-state index in [1.807, 2.05) is 13.8 Å². The maximum Gasteiger partial charge on any atom is 0.0804 e. The van der Waals surface area contributed by atoms with Crippen molar-refractivity contribution in [3.63, 3.8) is 0 Å². The van der Waals surface area contributed by atoms with Gasteiger partial charge in [-0.3, -0.25) is 0 Å². The van der Waals surface area contributed by atoms with E-state index in [9.17, 15) is 0 Å². The molecule has 3 nitrogen and oxygen atoms in total. The Bertz CT molecular complexity index is 83.4. The summed E-state index contributed by atoms with van der Waals surface area (Å²) in [7, 11) is 0. The van der Waals surface area contributed by atoms with Crippen molar-refractivity contribution in [2.24, 2.45) is 0 Å². The van der Waals surface area contributed by atoms with Gasteiger partial charge in [-0.05, 0) is 20.8 Å². The van der Waals surface area contributed by atoms with Crippen LogP contribution in [-0.2, 0) is 9.47 Å². The van der Waals surface area contributed by atoms with Gasteiger partial charge in [0.05, 0.1) is 25.4 Å². The van der Waals surface area contributed by atoms with Crippen LogP contribution in [0.3, 0.4) is 0 Å². The van der Waals surface area contributed by atoms with E-state index in [1.54, 1.807) is 6.92 Å². The van der Waals surface area contributed by atoms with Crippen molar-refractivity contribution in [2.75, 3.05) is 19.8 Å². The average molecular weight is 162 g/mol. The molecule has 0 aliphatic heterocycles. The zero-order valence-corrected chi connectivity index (χ0v) is 7.54. The predicted molar refractivity (Wildman–Crippen MR) is 43.6 cm³/mol. The molecule has 0 aromatic carbocycles. The van der Waals surface area contributed by atoms with Gasteiger partial charge in [0.15, 0.2) is 0 Å². The molecule has 1 unspecified atom stereocenters. The second-order valence-electron chi connectivity index (χ2n) is 2.51.